The fraction of sp³-hybridized carbons (Fsp3) is 0.286. The molecule has 6 nitrogen and oxygen atoms in total. The first-order chi connectivity index (χ1) is 6.38. The zero-order chi connectivity index (χ0) is 10.9. The summed E-state index contributed by atoms with van der Waals surface area (Å²) in [5.41, 5.74) is -0.0783. The van der Waals surface area contributed by atoms with E-state index < -0.39 is 27.4 Å². The summed E-state index contributed by atoms with van der Waals surface area (Å²) in [5, 5.41) is 18.1. The molecule has 1 heterocycles. The molecule has 0 amide bonds. The number of aromatic nitrogens is 1. The Kier molecular flexibility index (Phi) is 2.74. The topological polar surface area (TPSA) is 108 Å². The summed E-state index contributed by atoms with van der Waals surface area (Å²) in [4.78, 5) is 2.95. The van der Waals surface area contributed by atoms with Gasteiger partial charge in [-0.15, -0.1) is 0 Å². The first kappa shape index (κ1) is 10.9. The highest BCUT2D eigenvalue weighted by Crippen LogP contribution is 2.28. The average molecular weight is 219 g/mol. The Labute approximate surface area is 80.6 Å². The van der Waals surface area contributed by atoms with Crippen molar-refractivity contribution in [3.8, 4) is 5.75 Å². The van der Waals surface area contributed by atoms with E-state index in [0.29, 0.717) is 0 Å². The Bertz CT molecular complexity index is 453. The molecule has 78 valence electrons. The van der Waals surface area contributed by atoms with Crippen LogP contribution in [0.3, 0.4) is 0 Å². The maximum absolute atomic E-state index is 10.8. The first-order valence-corrected chi connectivity index (χ1v) is 5.07. The van der Waals surface area contributed by atoms with Gasteiger partial charge in [0.1, 0.15) is 4.90 Å². The van der Waals surface area contributed by atoms with Gasteiger partial charge in [-0.1, -0.05) is 0 Å². The second-order valence-corrected chi connectivity index (χ2v) is 4.04. The van der Waals surface area contributed by atoms with E-state index in [1.54, 1.807) is 0 Å². The number of aliphatic hydroxyl groups excluding tert-OH is 1. The molecule has 0 aromatic carbocycles. The number of rotatable bonds is 2. The molecular weight excluding hydrogens is 210 g/mol. The predicted octanol–water partition coefficient (Wildman–Crippen LogP) is -0.165. The molecule has 0 aliphatic rings. The van der Waals surface area contributed by atoms with Crippen molar-refractivity contribution >= 4 is 10.1 Å². The van der Waals surface area contributed by atoms with Crippen molar-refractivity contribution in [1.29, 1.82) is 0 Å². The fourth-order valence-electron chi connectivity index (χ4n) is 1.01. The fourth-order valence-corrected chi connectivity index (χ4v) is 1.85. The lowest BCUT2D eigenvalue weighted by atomic mass is 10.2. The lowest BCUT2D eigenvalue weighted by Crippen LogP contribution is -2.05. The number of hydrogen-bond donors (Lipinski definition) is 3. The van der Waals surface area contributed by atoms with E-state index in [4.69, 9.17) is 9.66 Å². The summed E-state index contributed by atoms with van der Waals surface area (Å²) in [7, 11) is -4.55. The average Bonchev–Trinajstić information content (AvgIpc) is 2.07. The largest absolute Gasteiger partial charge is 0.505 e. The Hall–Kier alpha value is -1.18. The summed E-state index contributed by atoms with van der Waals surface area (Å²) < 4.78 is 30.5. The van der Waals surface area contributed by atoms with Gasteiger partial charge in [-0.25, -0.2) is 0 Å². The molecule has 0 fully saturated rings. The number of nitrogens with zero attached hydrogens (tertiary/aromatic N) is 1. The van der Waals surface area contributed by atoms with E-state index in [9.17, 15) is 13.5 Å². The van der Waals surface area contributed by atoms with Gasteiger partial charge in [0, 0.05) is 11.8 Å². The zero-order valence-corrected chi connectivity index (χ0v) is 8.11. The van der Waals surface area contributed by atoms with Crippen LogP contribution in [-0.4, -0.2) is 28.2 Å². The van der Waals surface area contributed by atoms with Crippen LogP contribution in [-0.2, 0) is 16.7 Å². The molecule has 0 aliphatic heterocycles. The van der Waals surface area contributed by atoms with Crippen molar-refractivity contribution in [3.05, 3.63) is 17.5 Å². The van der Waals surface area contributed by atoms with Gasteiger partial charge in [0.2, 0.25) is 0 Å². The summed E-state index contributed by atoms with van der Waals surface area (Å²) >= 11 is 0. The van der Waals surface area contributed by atoms with Crippen molar-refractivity contribution < 1.29 is 23.2 Å². The molecule has 1 aromatic rings. The van der Waals surface area contributed by atoms with Gasteiger partial charge in [0.05, 0.1) is 12.3 Å². The highest BCUT2D eigenvalue weighted by atomic mass is 32.2. The molecule has 14 heavy (non-hydrogen) atoms. The van der Waals surface area contributed by atoms with E-state index in [1.165, 1.54) is 6.92 Å². The smallest absolute Gasteiger partial charge is 0.298 e. The van der Waals surface area contributed by atoms with Crippen LogP contribution in [0, 0.1) is 6.92 Å². The summed E-state index contributed by atoms with van der Waals surface area (Å²) in [6, 6.07) is 0. The maximum atomic E-state index is 10.8. The van der Waals surface area contributed by atoms with E-state index in [-0.39, 0.29) is 11.3 Å². The molecule has 0 saturated carbocycles. The molecule has 0 radical (unpaired) electrons. The van der Waals surface area contributed by atoms with Crippen LogP contribution in [0.2, 0.25) is 0 Å². The normalized spacial score (nSPS) is 11.6. The molecule has 7 heteroatoms. The predicted molar refractivity (Wildman–Crippen MR) is 46.4 cm³/mol. The minimum absolute atomic E-state index is 0.0647. The van der Waals surface area contributed by atoms with Crippen LogP contribution in [0.4, 0.5) is 0 Å². The van der Waals surface area contributed by atoms with Crippen LogP contribution < -0.4 is 0 Å². The highest BCUT2D eigenvalue weighted by molar-refractivity contribution is 7.86. The van der Waals surface area contributed by atoms with E-state index in [0.717, 1.165) is 6.20 Å². The van der Waals surface area contributed by atoms with Crippen molar-refractivity contribution in [2.75, 3.05) is 0 Å². The molecule has 1 rings (SSSR count). The lowest BCUT2D eigenvalue weighted by molar-refractivity contribution is 0.275. The monoisotopic (exact) mass is 219 g/mol. The molecule has 0 atom stereocenters. The van der Waals surface area contributed by atoms with Gasteiger partial charge in [-0.3, -0.25) is 9.54 Å². The molecule has 0 aliphatic carbocycles. The number of pyridine rings is 1. The second-order valence-electron chi connectivity index (χ2n) is 2.68. The standard InChI is InChI=1S/C7H9NO5S/c1-4-6(10)7(14(11,12)13)5(3-9)2-8-4/h2,9-10H,3H2,1H3,(H,11,12,13). The number of hydrogen-bond acceptors (Lipinski definition) is 5. The zero-order valence-electron chi connectivity index (χ0n) is 7.30. The van der Waals surface area contributed by atoms with E-state index in [1.807, 2.05) is 0 Å². The Morgan fingerprint density at radius 1 is 1.50 bits per heavy atom. The van der Waals surface area contributed by atoms with Crippen molar-refractivity contribution in [2.24, 2.45) is 0 Å². The van der Waals surface area contributed by atoms with Gasteiger partial charge < -0.3 is 10.2 Å². The number of aliphatic hydroxyl groups is 1. The van der Waals surface area contributed by atoms with Gasteiger partial charge >= 0.3 is 0 Å². The van der Waals surface area contributed by atoms with Crippen LogP contribution in [0.25, 0.3) is 0 Å². The number of aryl methyl sites for hydroxylation is 1. The highest BCUT2D eigenvalue weighted by Gasteiger charge is 2.22. The molecule has 0 unspecified atom stereocenters. The lowest BCUT2D eigenvalue weighted by Gasteiger charge is -2.07. The second kappa shape index (κ2) is 3.52. The van der Waals surface area contributed by atoms with E-state index in [2.05, 4.69) is 4.98 Å². The van der Waals surface area contributed by atoms with Crippen LogP contribution >= 0.6 is 0 Å². The van der Waals surface area contributed by atoms with Crippen LogP contribution in [0.15, 0.2) is 11.1 Å². The molecule has 0 saturated heterocycles. The Balaban J connectivity index is 3.60. The minimum atomic E-state index is -4.55. The number of aromatic hydroxyl groups is 1. The summed E-state index contributed by atoms with van der Waals surface area (Å²) in [6.07, 6.45) is 1.08. The Morgan fingerprint density at radius 3 is 2.50 bits per heavy atom. The molecule has 3 N–H and O–H groups in total. The van der Waals surface area contributed by atoms with Crippen molar-refractivity contribution in [2.45, 2.75) is 18.4 Å². The quantitative estimate of drug-likeness (QED) is 0.596. The van der Waals surface area contributed by atoms with Crippen molar-refractivity contribution in [3.63, 3.8) is 0 Å². The molecule has 0 bridgehead atoms. The third-order valence-electron chi connectivity index (χ3n) is 1.69. The molecular formula is C7H9NO5S. The minimum Gasteiger partial charge on any atom is -0.505 e. The van der Waals surface area contributed by atoms with Gasteiger partial charge in [-0.2, -0.15) is 8.42 Å². The summed E-state index contributed by atoms with van der Waals surface area (Å²) in [5.74, 6) is -0.640. The SMILES string of the molecule is Cc1ncc(CO)c(S(=O)(=O)O)c1O. The first-order valence-electron chi connectivity index (χ1n) is 3.63. The van der Waals surface area contributed by atoms with Crippen LogP contribution in [0.1, 0.15) is 11.3 Å². The third kappa shape index (κ3) is 1.84. The summed E-state index contributed by atoms with van der Waals surface area (Å²) in [6.45, 7) is 0.751. The van der Waals surface area contributed by atoms with Gasteiger partial charge in [-0.05, 0) is 6.92 Å². The molecule has 0 spiro atoms. The Morgan fingerprint density at radius 2 is 2.07 bits per heavy atom. The third-order valence-corrected chi connectivity index (χ3v) is 2.66. The maximum Gasteiger partial charge on any atom is 0.298 e. The van der Waals surface area contributed by atoms with Crippen molar-refractivity contribution in [1.82, 2.24) is 4.98 Å². The van der Waals surface area contributed by atoms with Gasteiger partial charge in [0.15, 0.2) is 5.75 Å². The molecule has 1 aromatic heterocycles. The van der Waals surface area contributed by atoms with Crippen LogP contribution in [0.5, 0.6) is 5.75 Å². The van der Waals surface area contributed by atoms with Gasteiger partial charge in [0.25, 0.3) is 10.1 Å². The van der Waals surface area contributed by atoms with E-state index >= 15 is 0 Å².